The second-order valence-electron chi connectivity index (χ2n) is 6.67. The standard InChI is InChI=1S/C19H21ClN2OS/c20-13-5-9-15(10-6-13)24-18-16-2-1-11-21-19(16)22-17(18)12-3-7-14(23)8-4-12/h1-2,5-6,9-12,14,17-18,23H,3-4,7-8H2,(H,21,22). The molecule has 2 heterocycles. The van der Waals surface area contributed by atoms with Crippen molar-refractivity contribution in [3.63, 3.8) is 0 Å². The predicted octanol–water partition coefficient (Wildman–Crippen LogP) is 4.91. The summed E-state index contributed by atoms with van der Waals surface area (Å²) in [6.07, 6.45) is 5.69. The molecular formula is C19H21ClN2OS. The number of hydrogen-bond acceptors (Lipinski definition) is 4. The summed E-state index contributed by atoms with van der Waals surface area (Å²) in [6.45, 7) is 0. The minimum atomic E-state index is -0.120. The molecule has 0 bridgehead atoms. The first-order chi connectivity index (χ1) is 11.7. The van der Waals surface area contributed by atoms with Gasteiger partial charge in [0.05, 0.1) is 11.4 Å². The Morgan fingerprint density at radius 2 is 1.83 bits per heavy atom. The van der Waals surface area contributed by atoms with E-state index in [1.807, 2.05) is 36.2 Å². The van der Waals surface area contributed by atoms with Crippen molar-refractivity contribution < 1.29 is 5.11 Å². The number of aromatic nitrogens is 1. The van der Waals surface area contributed by atoms with E-state index in [0.717, 1.165) is 36.5 Å². The van der Waals surface area contributed by atoms with Gasteiger partial charge in [-0.1, -0.05) is 17.7 Å². The molecule has 0 spiro atoms. The predicted molar refractivity (Wildman–Crippen MR) is 99.7 cm³/mol. The molecule has 126 valence electrons. The van der Waals surface area contributed by atoms with Crippen LogP contribution in [0.3, 0.4) is 0 Å². The van der Waals surface area contributed by atoms with Crippen LogP contribution in [0.5, 0.6) is 0 Å². The summed E-state index contributed by atoms with van der Waals surface area (Å²) >= 11 is 7.90. The van der Waals surface area contributed by atoms with Crippen molar-refractivity contribution in [3.05, 3.63) is 53.2 Å². The third kappa shape index (κ3) is 3.28. The molecular weight excluding hydrogens is 340 g/mol. The molecule has 1 aliphatic carbocycles. The zero-order chi connectivity index (χ0) is 16.5. The van der Waals surface area contributed by atoms with Crippen LogP contribution in [-0.4, -0.2) is 22.2 Å². The van der Waals surface area contributed by atoms with E-state index in [-0.39, 0.29) is 6.10 Å². The van der Waals surface area contributed by atoms with Gasteiger partial charge in [0.25, 0.3) is 0 Å². The largest absolute Gasteiger partial charge is 0.393 e. The number of rotatable bonds is 3. The van der Waals surface area contributed by atoms with Crippen molar-refractivity contribution >= 4 is 29.2 Å². The lowest BCUT2D eigenvalue weighted by molar-refractivity contribution is 0.104. The van der Waals surface area contributed by atoms with E-state index < -0.39 is 0 Å². The Labute approximate surface area is 151 Å². The highest BCUT2D eigenvalue weighted by Crippen LogP contribution is 2.49. The second-order valence-corrected chi connectivity index (χ2v) is 8.32. The van der Waals surface area contributed by atoms with Crippen molar-refractivity contribution in [3.8, 4) is 0 Å². The molecule has 1 aromatic heterocycles. The lowest BCUT2D eigenvalue weighted by Gasteiger charge is -2.33. The van der Waals surface area contributed by atoms with E-state index in [1.165, 1.54) is 10.5 Å². The van der Waals surface area contributed by atoms with Crippen LogP contribution in [-0.2, 0) is 0 Å². The van der Waals surface area contributed by atoms with Crippen molar-refractivity contribution in [1.29, 1.82) is 0 Å². The number of benzene rings is 1. The highest BCUT2D eigenvalue weighted by atomic mass is 35.5. The van der Waals surface area contributed by atoms with E-state index in [2.05, 4.69) is 28.5 Å². The Morgan fingerprint density at radius 3 is 2.58 bits per heavy atom. The Balaban J connectivity index is 1.60. The Kier molecular flexibility index (Phi) is 4.70. The molecule has 2 unspecified atom stereocenters. The molecule has 5 heteroatoms. The summed E-state index contributed by atoms with van der Waals surface area (Å²) in [5.41, 5.74) is 1.29. The van der Waals surface area contributed by atoms with E-state index in [9.17, 15) is 5.11 Å². The Morgan fingerprint density at radius 1 is 1.08 bits per heavy atom. The average Bonchev–Trinajstić information content (AvgIpc) is 2.96. The maximum atomic E-state index is 9.82. The van der Waals surface area contributed by atoms with E-state index in [0.29, 0.717) is 17.2 Å². The molecule has 0 amide bonds. The highest BCUT2D eigenvalue weighted by molar-refractivity contribution is 7.99. The summed E-state index contributed by atoms with van der Waals surface area (Å²) in [4.78, 5) is 5.76. The number of fused-ring (bicyclic) bond motifs is 1. The first-order valence-electron chi connectivity index (χ1n) is 8.52. The molecule has 0 radical (unpaired) electrons. The number of thioether (sulfide) groups is 1. The quantitative estimate of drug-likeness (QED) is 0.816. The Bertz CT molecular complexity index is 701. The number of anilines is 1. The molecule has 1 aliphatic heterocycles. The van der Waals surface area contributed by atoms with Crippen LogP contribution in [0.25, 0.3) is 0 Å². The van der Waals surface area contributed by atoms with Gasteiger partial charge >= 0.3 is 0 Å². The van der Waals surface area contributed by atoms with Gasteiger partial charge in [-0.05, 0) is 61.9 Å². The Hall–Kier alpha value is -1.23. The molecule has 24 heavy (non-hydrogen) atoms. The topological polar surface area (TPSA) is 45.1 Å². The number of aliphatic hydroxyl groups is 1. The van der Waals surface area contributed by atoms with Gasteiger partial charge in [-0.15, -0.1) is 11.8 Å². The fourth-order valence-electron chi connectivity index (χ4n) is 3.82. The third-order valence-electron chi connectivity index (χ3n) is 5.10. The zero-order valence-electron chi connectivity index (χ0n) is 13.4. The van der Waals surface area contributed by atoms with E-state index in [1.54, 1.807) is 0 Å². The minimum Gasteiger partial charge on any atom is -0.393 e. The minimum absolute atomic E-state index is 0.120. The summed E-state index contributed by atoms with van der Waals surface area (Å²) in [6, 6.07) is 12.6. The monoisotopic (exact) mass is 360 g/mol. The van der Waals surface area contributed by atoms with Gasteiger partial charge in [0, 0.05) is 27.7 Å². The van der Waals surface area contributed by atoms with Crippen LogP contribution in [0.15, 0.2) is 47.5 Å². The average molecular weight is 361 g/mol. The third-order valence-corrected chi connectivity index (χ3v) is 6.70. The van der Waals surface area contributed by atoms with Gasteiger partial charge in [0.2, 0.25) is 0 Å². The normalized spacial score (nSPS) is 29.1. The van der Waals surface area contributed by atoms with Crippen LogP contribution in [0.2, 0.25) is 5.02 Å². The molecule has 2 atom stereocenters. The van der Waals surface area contributed by atoms with Gasteiger partial charge in [-0.25, -0.2) is 4.98 Å². The number of halogens is 1. The summed E-state index contributed by atoms with van der Waals surface area (Å²) < 4.78 is 0. The molecule has 2 aromatic rings. The summed E-state index contributed by atoms with van der Waals surface area (Å²) in [5.74, 6) is 1.59. The first-order valence-corrected chi connectivity index (χ1v) is 9.78. The first kappa shape index (κ1) is 16.2. The molecule has 2 aliphatic rings. The fourth-order valence-corrected chi connectivity index (χ4v) is 5.28. The van der Waals surface area contributed by atoms with Crippen LogP contribution >= 0.6 is 23.4 Å². The van der Waals surface area contributed by atoms with Crippen LogP contribution < -0.4 is 5.32 Å². The fraction of sp³-hybridized carbons (Fsp3) is 0.421. The maximum Gasteiger partial charge on any atom is 0.130 e. The number of nitrogens with one attached hydrogen (secondary N) is 1. The van der Waals surface area contributed by atoms with Gasteiger partial charge in [-0.2, -0.15) is 0 Å². The highest BCUT2D eigenvalue weighted by Gasteiger charge is 2.39. The lowest BCUT2D eigenvalue weighted by atomic mass is 9.81. The van der Waals surface area contributed by atoms with Gasteiger partial charge in [-0.3, -0.25) is 0 Å². The van der Waals surface area contributed by atoms with Crippen LogP contribution in [0.4, 0.5) is 5.82 Å². The number of hydrogen-bond donors (Lipinski definition) is 2. The molecule has 2 N–H and O–H groups in total. The number of pyridine rings is 1. The maximum absolute atomic E-state index is 9.82. The number of aliphatic hydroxyl groups excluding tert-OH is 1. The van der Waals surface area contributed by atoms with Crippen LogP contribution in [0.1, 0.15) is 36.5 Å². The van der Waals surface area contributed by atoms with Crippen molar-refractivity contribution in [2.75, 3.05) is 5.32 Å². The zero-order valence-corrected chi connectivity index (χ0v) is 14.9. The van der Waals surface area contributed by atoms with Crippen molar-refractivity contribution in [2.24, 2.45) is 5.92 Å². The smallest absolute Gasteiger partial charge is 0.130 e. The van der Waals surface area contributed by atoms with Crippen molar-refractivity contribution in [2.45, 2.75) is 48.0 Å². The molecule has 1 fully saturated rings. The number of nitrogens with zero attached hydrogens (tertiary/aromatic N) is 1. The second kappa shape index (κ2) is 6.95. The SMILES string of the molecule is OC1CCC(C2Nc3ncccc3C2Sc2ccc(Cl)cc2)CC1. The molecule has 1 aromatic carbocycles. The van der Waals surface area contributed by atoms with Gasteiger partial charge in [0.15, 0.2) is 0 Å². The molecule has 1 saturated carbocycles. The van der Waals surface area contributed by atoms with Gasteiger partial charge in [0.1, 0.15) is 5.82 Å². The molecule has 0 saturated heterocycles. The molecule has 4 rings (SSSR count). The van der Waals surface area contributed by atoms with Crippen LogP contribution in [0, 0.1) is 5.92 Å². The van der Waals surface area contributed by atoms with E-state index >= 15 is 0 Å². The van der Waals surface area contributed by atoms with Gasteiger partial charge < -0.3 is 10.4 Å². The molecule has 3 nitrogen and oxygen atoms in total. The van der Waals surface area contributed by atoms with Crippen molar-refractivity contribution in [1.82, 2.24) is 4.98 Å². The summed E-state index contributed by atoms with van der Waals surface area (Å²) in [5, 5.41) is 14.6. The summed E-state index contributed by atoms with van der Waals surface area (Å²) in [7, 11) is 0. The van der Waals surface area contributed by atoms with E-state index in [4.69, 9.17) is 11.6 Å². The lowest BCUT2D eigenvalue weighted by Crippen LogP contribution is -2.33.